The molecule has 1 unspecified atom stereocenters. The molecule has 0 aliphatic heterocycles. The number of anilines is 1. The Morgan fingerprint density at radius 2 is 2.06 bits per heavy atom. The van der Waals surface area contributed by atoms with Crippen molar-refractivity contribution in [3.63, 3.8) is 0 Å². The van der Waals surface area contributed by atoms with Crippen LogP contribution in [0.5, 0.6) is 0 Å². The van der Waals surface area contributed by atoms with Gasteiger partial charge in [-0.3, -0.25) is 0 Å². The van der Waals surface area contributed by atoms with Gasteiger partial charge in [-0.05, 0) is 13.8 Å². The molecule has 1 atom stereocenters. The summed E-state index contributed by atoms with van der Waals surface area (Å²) in [5.74, 6) is 0.712. The summed E-state index contributed by atoms with van der Waals surface area (Å²) in [5, 5.41) is 2.83. The summed E-state index contributed by atoms with van der Waals surface area (Å²) < 4.78 is 36.2. The van der Waals surface area contributed by atoms with Gasteiger partial charge in [-0.15, -0.1) is 0 Å². The maximum Gasteiger partial charge on any atom is 0.391 e. The molecule has 0 saturated heterocycles. The van der Waals surface area contributed by atoms with Gasteiger partial charge in [-0.1, -0.05) is 11.6 Å². The van der Waals surface area contributed by atoms with Crippen LogP contribution >= 0.6 is 11.6 Å². The Balaban J connectivity index is 2.66. The number of nitrogens with zero attached hydrogens (tertiary/aromatic N) is 2. The molecule has 3 nitrogen and oxygen atoms in total. The smallest absolute Gasteiger partial charge is 0.367 e. The van der Waals surface area contributed by atoms with E-state index in [1.807, 2.05) is 0 Å². The molecule has 1 heterocycles. The Kier molecular flexibility index (Phi) is 3.96. The highest BCUT2D eigenvalue weighted by molar-refractivity contribution is 6.29. The summed E-state index contributed by atoms with van der Waals surface area (Å²) in [6.07, 6.45) is -5.12. The second-order valence-corrected chi connectivity index (χ2v) is 3.88. The van der Waals surface area contributed by atoms with Gasteiger partial charge >= 0.3 is 6.18 Å². The Bertz CT molecular complexity index is 347. The summed E-state index contributed by atoms with van der Waals surface area (Å²) in [6, 6.07) is 0.631. The van der Waals surface area contributed by atoms with Crippen molar-refractivity contribution in [2.24, 2.45) is 0 Å². The number of rotatable bonds is 3. The van der Waals surface area contributed by atoms with Crippen LogP contribution in [-0.4, -0.2) is 22.2 Å². The zero-order valence-corrected chi connectivity index (χ0v) is 9.52. The highest BCUT2D eigenvalue weighted by Crippen LogP contribution is 2.23. The van der Waals surface area contributed by atoms with Crippen molar-refractivity contribution >= 4 is 17.4 Å². The van der Waals surface area contributed by atoms with Crippen molar-refractivity contribution in [1.82, 2.24) is 9.97 Å². The highest BCUT2D eigenvalue weighted by atomic mass is 35.5. The van der Waals surface area contributed by atoms with Crippen LogP contribution < -0.4 is 5.32 Å². The van der Waals surface area contributed by atoms with E-state index in [1.54, 1.807) is 6.92 Å². The SMILES string of the molecule is Cc1nc(Cl)cc(NC(C)CC(F)(F)F)n1. The normalized spacial score (nSPS) is 13.6. The lowest BCUT2D eigenvalue weighted by Crippen LogP contribution is -2.24. The van der Waals surface area contributed by atoms with Crippen molar-refractivity contribution < 1.29 is 13.2 Å². The summed E-state index contributed by atoms with van der Waals surface area (Å²) in [7, 11) is 0. The molecular formula is C9H11ClF3N3. The molecule has 0 fully saturated rings. The van der Waals surface area contributed by atoms with E-state index in [1.165, 1.54) is 13.0 Å². The standard InChI is InChI=1S/C9H11ClF3N3/c1-5(4-9(11,12)13)14-8-3-7(10)15-6(2)16-8/h3,5H,4H2,1-2H3,(H,14,15,16). The Hall–Kier alpha value is -1.04. The van der Waals surface area contributed by atoms with Gasteiger partial charge in [-0.25, -0.2) is 9.97 Å². The number of aryl methyl sites for hydroxylation is 1. The van der Waals surface area contributed by atoms with E-state index < -0.39 is 18.6 Å². The minimum Gasteiger partial charge on any atom is -0.367 e. The number of alkyl halides is 3. The third-order valence-electron chi connectivity index (χ3n) is 1.74. The van der Waals surface area contributed by atoms with Gasteiger partial charge in [-0.2, -0.15) is 13.2 Å². The molecule has 1 N–H and O–H groups in total. The van der Waals surface area contributed by atoms with Gasteiger partial charge in [0.2, 0.25) is 0 Å². The minimum absolute atomic E-state index is 0.203. The zero-order valence-electron chi connectivity index (χ0n) is 8.77. The van der Waals surface area contributed by atoms with E-state index in [4.69, 9.17) is 11.6 Å². The molecule has 16 heavy (non-hydrogen) atoms. The van der Waals surface area contributed by atoms with Gasteiger partial charge in [0.05, 0.1) is 6.42 Å². The quantitative estimate of drug-likeness (QED) is 0.841. The van der Waals surface area contributed by atoms with Crippen LogP contribution in [0.15, 0.2) is 6.07 Å². The molecule has 90 valence electrons. The van der Waals surface area contributed by atoms with E-state index in [9.17, 15) is 13.2 Å². The largest absolute Gasteiger partial charge is 0.391 e. The summed E-state index contributed by atoms with van der Waals surface area (Å²) in [4.78, 5) is 7.74. The first-order valence-electron chi connectivity index (χ1n) is 4.61. The number of halogens is 4. The van der Waals surface area contributed by atoms with E-state index in [2.05, 4.69) is 15.3 Å². The summed E-state index contributed by atoms with van der Waals surface area (Å²) in [6.45, 7) is 3.05. The van der Waals surface area contributed by atoms with Crippen LogP contribution in [0, 0.1) is 6.92 Å². The van der Waals surface area contributed by atoms with Crippen molar-refractivity contribution in [3.05, 3.63) is 17.0 Å². The van der Waals surface area contributed by atoms with Crippen molar-refractivity contribution in [2.45, 2.75) is 32.5 Å². The molecule has 7 heteroatoms. The maximum absolute atomic E-state index is 12.1. The zero-order chi connectivity index (χ0) is 12.3. The average molecular weight is 254 g/mol. The fraction of sp³-hybridized carbons (Fsp3) is 0.556. The summed E-state index contributed by atoms with van der Waals surface area (Å²) >= 11 is 5.65. The maximum atomic E-state index is 12.1. The molecular weight excluding hydrogens is 243 g/mol. The van der Waals surface area contributed by atoms with Gasteiger partial charge in [0.1, 0.15) is 16.8 Å². The third kappa shape index (κ3) is 4.65. The fourth-order valence-corrected chi connectivity index (χ4v) is 1.48. The van der Waals surface area contributed by atoms with Gasteiger partial charge < -0.3 is 5.32 Å². The first kappa shape index (κ1) is 13.0. The summed E-state index contributed by atoms with van der Waals surface area (Å²) in [5.41, 5.74) is 0. The number of hydrogen-bond donors (Lipinski definition) is 1. The van der Waals surface area contributed by atoms with Crippen LogP contribution in [0.1, 0.15) is 19.2 Å². The lowest BCUT2D eigenvalue weighted by Gasteiger charge is -2.16. The van der Waals surface area contributed by atoms with E-state index >= 15 is 0 Å². The monoisotopic (exact) mass is 253 g/mol. The van der Waals surface area contributed by atoms with E-state index in [-0.39, 0.29) is 5.15 Å². The molecule has 1 aromatic rings. The predicted molar refractivity (Wildman–Crippen MR) is 55.5 cm³/mol. The van der Waals surface area contributed by atoms with Crippen molar-refractivity contribution in [2.75, 3.05) is 5.32 Å². The number of aromatic nitrogens is 2. The molecule has 0 aliphatic carbocycles. The molecule has 0 amide bonds. The van der Waals surface area contributed by atoms with Crippen LogP contribution in [0.2, 0.25) is 5.15 Å². The van der Waals surface area contributed by atoms with Gasteiger partial charge in [0.25, 0.3) is 0 Å². The second-order valence-electron chi connectivity index (χ2n) is 3.49. The van der Waals surface area contributed by atoms with Crippen LogP contribution in [0.4, 0.5) is 19.0 Å². The molecule has 1 aromatic heterocycles. The Labute approximate surface area is 96.0 Å². The predicted octanol–water partition coefficient (Wildman–Crippen LogP) is 3.19. The molecule has 0 aromatic carbocycles. The Morgan fingerprint density at radius 3 is 2.56 bits per heavy atom. The molecule has 0 saturated carbocycles. The highest BCUT2D eigenvalue weighted by Gasteiger charge is 2.30. The van der Waals surface area contributed by atoms with Crippen LogP contribution in [-0.2, 0) is 0 Å². The lowest BCUT2D eigenvalue weighted by atomic mass is 10.2. The van der Waals surface area contributed by atoms with Crippen molar-refractivity contribution in [1.29, 1.82) is 0 Å². The average Bonchev–Trinajstić information content (AvgIpc) is 1.96. The molecule has 0 aliphatic rings. The number of hydrogen-bond acceptors (Lipinski definition) is 3. The van der Waals surface area contributed by atoms with Crippen LogP contribution in [0.25, 0.3) is 0 Å². The molecule has 1 rings (SSSR count). The number of nitrogens with one attached hydrogen (secondary N) is 1. The van der Waals surface area contributed by atoms with Gasteiger partial charge in [0.15, 0.2) is 0 Å². The van der Waals surface area contributed by atoms with Gasteiger partial charge in [0, 0.05) is 12.1 Å². The molecule has 0 radical (unpaired) electrons. The third-order valence-corrected chi connectivity index (χ3v) is 1.93. The molecule has 0 bridgehead atoms. The topological polar surface area (TPSA) is 37.8 Å². The van der Waals surface area contributed by atoms with E-state index in [0.717, 1.165) is 0 Å². The Morgan fingerprint density at radius 1 is 1.44 bits per heavy atom. The molecule has 0 spiro atoms. The lowest BCUT2D eigenvalue weighted by molar-refractivity contribution is -0.136. The second kappa shape index (κ2) is 4.86. The van der Waals surface area contributed by atoms with E-state index in [0.29, 0.717) is 11.6 Å². The minimum atomic E-state index is -4.20. The van der Waals surface area contributed by atoms with Crippen LogP contribution in [0.3, 0.4) is 0 Å². The van der Waals surface area contributed by atoms with Crippen molar-refractivity contribution in [3.8, 4) is 0 Å². The fourth-order valence-electron chi connectivity index (χ4n) is 1.26. The first-order chi connectivity index (χ1) is 7.26. The first-order valence-corrected chi connectivity index (χ1v) is 4.98.